The number of piperidine rings is 1. The molecule has 0 aromatic heterocycles. The smallest absolute Gasteiger partial charge is 0.127 e. The molecule has 3 nitrogen and oxygen atoms in total. The molecule has 0 aliphatic carbocycles. The van der Waals surface area contributed by atoms with Gasteiger partial charge in [0.2, 0.25) is 0 Å². The molecule has 1 heterocycles. The molecule has 0 amide bonds. The summed E-state index contributed by atoms with van der Waals surface area (Å²) in [7, 11) is 0. The van der Waals surface area contributed by atoms with Gasteiger partial charge in [0, 0.05) is 35.8 Å². The summed E-state index contributed by atoms with van der Waals surface area (Å²) < 4.78 is 7.09. The normalized spacial score (nSPS) is 15.3. The van der Waals surface area contributed by atoms with Crippen molar-refractivity contribution in [2.24, 2.45) is 0 Å². The monoisotopic (exact) mass is 436 g/mol. The van der Waals surface area contributed by atoms with E-state index in [1.807, 2.05) is 36.4 Å². The van der Waals surface area contributed by atoms with Gasteiger partial charge in [0.25, 0.3) is 0 Å². The molecule has 144 valence electrons. The molecule has 1 saturated heterocycles. The van der Waals surface area contributed by atoms with Gasteiger partial charge < -0.3 is 10.1 Å². The van der Waals surface area contributed by atoms with E-state index < -0.39 is 0 Å². The van der Waals surface area contributed by atoms with Gasteiger partial charge >= 0.3 is 0 Å². The number of rotatable bonds is 6. The van der Waals surface area contributed by atoms with Gasteiger partial charge in [-0.25, -0.2) is 0 Å². The molecule has 3 aromatic carbocycles. The third-order valence-electron chi connectivity index (χ3n) is 5.09. The van der Waals surface area contributed by atoms with E-state index in [9.17, 15) is 0 Å². The van der Waals surface area contributed by atoms with Crippen LogP contribution in [0.2, 0.25) is 0 Å². The van der Waals surface area contributed by atoms with Crippen LogP contribution in [0.3, 0.4) is 0 Å². The molecule has 0 spiro atoms. The molecule has 4 rings (SSSR count). The summed E-state index contributed by atoms with van der Waals surface area (Å²) in [6.07, 6.45) is 2.33. The van der Waals surface area contributed by atoms with Gasteiger partial charge in [-0.15, -0.1) is 0 Å². The molecule has 1 N–H and O–H groups in total. The number of halogens is 1. The first kappa shape index (κ1) is 19.0. The molecule has 0 radical (unpaired) electrons. The van der Waals surface area contributed by atoms with E-state index in [0.717, 1.165) is 48.4 Å². The van der Waals surface area contributed by atoms with Crippen LogP contribution in [0, 0.1) is 0 Å². The van der Waals surface area contributed by atoms with Crippen molar-refractivity contribution < 1.29 is 4.74 Å². The van der Waals surface area contributed by atoms with Crippen LogP contribution >= 0.6 is 15.9 Å². The first-order valence-electron chi connectivity index (χ1n) is 9.81. The maximum Gasteiger partial charge on any atom is 0.127 e. The van der Waals surface area contributed by atoms with Gasteiger partial charge in [-0.1, -0.05) is 46.3 Å². The third kappa shape index (κ3) is 5.37. The molecule has 3 aromatic rings. The van der Waals surface area contributed by atoms with Crippen molar-refractivity contribution in [3.63, 3.8) is 0 Å². The summed E-state index contributed by atoms with van der Waals surface area (Å²) in [5.41, 5.74) is 2.50. The Labute approximate surface area is 175 Å². The fraction of sp³-hybridized carbons (Fsp3) is 0.250. The van der Waals surface area contributed by atoms with Crippen molar-refractivity contribution >= 4 is 21.6 Å². The Bertz CT molecular complexity index is 875. The van der Waals surface area contributed by atoms with Gasteiger partial charge in [-0.2, -0.15) is 0 Å². The van der Waals surface area contributed by atoms with Crippen molar-refractivity contribution in [1.29, 1.82) is 0 Å². The van der Waals surface area contributed by atoms with E-state index in [0.29, 0.717) is 6.04 Å². The van der Waals surface area contributed by atoms with Gasteiger partial charge in [-0.05, 0) is 66.9 Å². The Balaban J connectivity index is 1.28. The molecule has 1 aliphatic heterocycles. The Hall–Kier alpha value is -2.30. The largest absolute Gasteiger partial charge is 0.457 e. The highest BCUT2D eigenvalue weighted by molar-refractivity contribution is 9.10. The number of hydrogen-bond acceptors (Lipinski definition) is 3. The van der Waals surface area contributed by atoms with E-state index in [4.69, 9.17) is 4.74 Å². The van der Waals surface area contributed by atoms with Gasteiger partial charge in [-0.3, -0.25) is 4.90 Å². The van der Waals surface area contributed by atoms with E-state index >= 15 is 0 Å². The van der Waals surface area contributed by atoms with E-state index in [-0.39, 0.29) is 0 Å². The van der Waals surface area contributed by atoms with Crippen LogP contribution in [-0.2, 0) is 6.54 Å². The molecule has 4 heteroatoms. The first-order chi connectivity index (χ1) is 13.7. The number of benzene rings is 3. The summed E-state index contributed by atoms with van der Waals surface area (Å²) >= 11 is 3.49. The van der Waals surface area contributed by atoms with Crippen molar-refractivity contribution in [3.8, 4) is 11.5 Å². The lowest BCUT2D eigenvalue weighted by atomic mass is 10.0. The van der Waals surface area contributed by atoms with Crippen molar-refractivity contribution in [3.05, 3.63) is 88.9 Å². The topological polar surface area (TPSA) is 24.5 Å². The number of likely N-dealkylation sites (tertiary alicyclic amines) is 1. The average Bonchev–Trinajstić information content (AvgIpc) is 2.72. The average molecular weight is 437 g/mol. The van der Waals surface area contributed by atoms with Gasteiger partial charge in [0.15, 0.2) is 0 Å². The number of anilines is 1. The predicted molar refractivity (Wildman–Crippen MR) is 119 cm³/mol. The summed E-state index contributed by atoms with van der Waals surface area (Å²) in [6.45, 7) is 3.19. The lowest BCUT2D eigenvalue weighted by Gasteiger charge is -2.33. The zero-order valence-corrected chi connectivity index (χ0v) is 17.4. The van der Waals surface area contributed by atoms with Crippen LogP contribution in [0.1, 0.15) is 18.4 Å². The van der Waals surface area contributed by atoms with Crippen LogP contribution in [0.5, 0.6) is 11.5 Å². The highest BCUT2D eigenvalue weighted by Crippen LogP contribution is 2.24. The summed E-state index contributed by atoms with van der Waals surface area (Å²) in [5.74, 6) is 1.77. The minimum Gasteiger partial charge on any atom is -0.457 e. The minimum atomic E-state index is 0.546. The third-order valence-corrected chi connectivity index (χ3v) is 5.61. The van der Waals surface area contributed by atoms with Crippen LogP contribution in [0.4, 0.5) is 5.69 Å². The second-order valence-electron chi connectivity index (χ2n) is 7.26. The lowest BCUT2D eigenvalue weighted by molar-refractivity contribution is 0.211. The summed E-state index contributed by atoms with van der Waals surface area (Å²) in [5, 5.41) is 3.66. The maximum atomic E-state index is 5.97. The fourth-order valence-electron chi connectivity index (χ4n) is 3.61. The van der Waals surface area contributed by atoms with Crippen molar-refractivity contribution in [2.75, 3.05) is 18.4 Å². The minimum absolute atomic E-state index is 0.546. The van der Waals surface area contributed by atoms with Crippen LogP contribution in [-0.4, -0.2) is 24.0 Å². The quantitative estimate of drug-likeness (QED) is 0.489. The Morgan fingerprint density at radius 3 is 2.32 bits per heavy atom. The second kappa shape index (κ2) is 9.26. The molecule has 0 atom stereocenters. The first-order valence-corrected chi connectivity index (χ1v) is 10.6. The second-order valence-corrected chi connectivity index (χ2v) is 8.18. The Morgan fingerprint density at radius 1 is 0.857 bits per heavy atom. The van der Waals surface area contributed by atoms with Crippen LogP contribution in [0.15, 0.2) is 83.3 Å². The molecule has 0 unspecified atom stereocenters. The number of nitrogens with zero attached hydrogens (tertiary/aromatic N) is 1. The molecule has 1 aliphatic rings. The van der Waals surface area contributed by atoms with Crippen molar-refractivity contribution in [1.82, 2.24) is 4.90 Å². The molecule has 0 bridgehead atoms. The maximum absolute atomic E-state index is 5.97. The van der Waals surface area contributed by atoms with Crippen LogP contribution in [0.25, 0.3) is 0 Å². The number of para-hydroxylation sites is 1. The highest BCUT2D eigenvalue weighted by atomic mass is 79.9. The van der Waals surface area contributed by atoms with E-state index in [1.165, 1.54) is 11.3 Å². The number of hydrogen-bond donors (Lipinski definition) is 1. The Kier molecular flexibility index (Phi) is 6.30. The van der Waals surface area contributed by atoms with Crippen molar-refractivity contribution in [2.45, 2.75) is 25.4 Å². The molecular formula is C24H25BrN2O. The summed E-state index contributed by atoms with van der Waals surface area (Å²) in [4.78, 5) is 2.53. The SMILES string of the molecule is Brc1ccc(NC2CCN(Cc3cccc(Oc4ccccc4)c3)CC2)cc1. The molecule has 0 saturated carbocycles. The summed E-state index contributed by atoms with van der Waals surface area (Å²) in [6, 6.07) is 27.4. The van der Waals surface area contributed by atoms with E-state index in [2.05, 4.69) is 68.6 Å². The zero-order chi connectivity index (χ0) is 19.2. The standard InChI is InChI=1S/C24H25BrN2O/c25-20-9-11-21(12-10-20)26-22-13-15-27(16-14-22)18-19-5-4-8-24(17-19)28-23-6-2-1-3-7-23/h1-12,17,22,26H,13-16,18H2. The molecular weight excluding hydrogens is 412 g/mol. The fourth-order valence-corrected chi connectivity index (χ4v) is 3.87. The van der Waals surface area contributed by atoms with E-state index in [1.54, 1.807) is 0 Å². The predicted octanol–water partition coefficient (Wildman–Crippen LogP) is 6.32. The highest BCUT2D eigenvalue weighted by Gasteiger charge is 2.19. The van der Waals surface area contributed by atoms with Crippen LogP contribution < -0.4 is 10.1 Å². The van der Waals surface area contributed by atoms with Gasteiger partial charge in [0.05, 0.1) is 0 Å². The van der Waals surface area contributed by atoms with Gasteiger partial charge in [0.1, 0.15) is 11.5 Å². The zero-order valence-electron chi connectivity index (χ0n) is 15.9. The number of ether oxygens (including phenoxy) is 1. The Morgan fingerprint density at radius 2 is 1.57 bits per heavy atom. The molecule has 1 fully saturated rings. The molecule has 28 heavy (non-hydrogen) atoms. The number of nitrogens with one attached hydrogen (secondary N) is 1. The lowest BCUT2D eigenvalue weighted by Crippen LogP contribution is -2.38.